The number of aliphatic carboxylic acids is 1. The van der Waals surface area contributed by atoms with Crippen LogP contribution in [0.2, 0.25) is 0 Å². The van der Waals surface area contributed by atoms with Crippen molar-refractivity contribution >= 4 is 5.97 Å². The summed E-state index contributed by atoms with van der Waals surface area (Å²) >= 11 is 0. The van der Waals surface area contributed by atoms with Crippen molar-refractivity contribution in [3.63, 3.8) is 0 Å². The van der Waals surface area contributed by atoms with Gasteiger partial charge in [0, 0.05) is 12.8 Å². The average molecular weight is 132 g/mol. The van der Waals surface area contributed by atoms with Gasteiger partial charge in [0.15, 0.2) is 0 Å². The Labute approximate surface area is 51.7 Å². The second kappa shape index (κ2) is 1.67. The van der Waals surface area contributed by atoms with Crippen molar-refractivity contribution < 1.29 is 14.3 Å². The van der Waals surface area contributed by atoms with Crippen molar-refractivity contribution in [3.05, 3.63) is 0 Å². The number of hydrogen-bond acceptors (Lipinski definition) is 2. The highest BCUT2D eigenvalue weighted by Gasteiger charge is 2.47. The molecule has 1 aliphatic carbocycles. The fourth-order valence-electron chi connectivity index (χ4n) is 0.905. The van der Waals surface area contributed by atoms with Gasteiger partial charge in [-0.3, -0.25) is 4.79 Å². The molecule has 0 aromatic rings. The van der Waals surface area contributed by atoms with Gasteiger partial charge in [-0.25, -0.2) is 4.39 Å². The van der Waals surface area contributed by atoms with Crippen LogP contribution in [0.25, 0.3) is 0 Å². The van der Waals surface area contributed by atoms with Gasteiger partial charge in [-0.05, 0) is 0 Å². The SMILES string of the molecule is N[C@]1(C(=O)O)C[C@@H]([18F])C1. The van der Waals surface area contributed by atoms with Crippen LogP contribution in [0, 0.1) is 0 Å². The maximum Gasteiger partial charge on any atom is 0.323 e. The third-order valence-electron chi connectivity index (χ3n) is 1.60. The maximum atomic E-state index is 12.0. The van der Waals surface area contributed by atoms with Crippen LogP contribution >= 0.6 is 0 Å². The molecule has 9 heavy (non-hydrogen) atoms. The van der Waals surface area contributed by atoms with Gasteiger partial charge in [-0.2, -0.15) is 0 Å². The molecule has 4 heteroatoms. The summed E-state index contributed by atoms with van der Waals surface area (Å²) in [4.78, 5) is 10.2. The highest BCUT2D eigenvalue weighted by atomic mass is 18.2. The molecule has 0 saturated heterocycles. The van der Waals surface area contributed by atoms with E-state index < -0.39 is 17.7 Å². The maximum absolute atomic E-state index is 12.0. The number of carboxylic acid groups (broad SMARTS) is 1. The largest absolute Gasteiger partial charge is 0.480 e. The summed E-state index contributed by atoms with van der Waals surface area (Å²) in [7, 11) is 0. The lowest BCUT2D eigenvalue weighted by molar-refractivity contribution is -0.149. The molecule has 1 saturated carbocycles. The number of halogens is 1. The molecule has 0 aromatic carbocycles. The first kappa shape index (κ1) is 6.48. The van der Waals surface area contributed by atoms with Gasteiger partial charge in [-0.15, -0.1) is 0 Å². The predicted octanol–water partition coefficient (Wildman–Crippen LogP) is -0.0996. The molecule has 0 amide bonds. The number of carbonyl (C=O) groups is 1. The van der Waals surface area contributed by atoms with Crippen molar-refractivity contribution in [3.8, 4) is 0 Å². The fraction of sp³-hybridized carbons (Fsp3) is 0.800. The Kier molecular flexibility index (Phi) is 1.20. The summed E-state index contributed by atoms with van der Waals surface area (Å²) in [5.41, 5.74) is 3.93. The standard InChI is InChI=1S/C5H8FNO2/c6-3-1-5(7,2-3)4(8)9/h3H,1-2,7H2,(H,8,9)/t3-,5-/i6-1. The second-order valence-electron chi connectivity index (χ2n) is 2.47. The lowest BCUT2D eigenvalue weighted by Gasteiger charge is -2.36. The number of carboxylic acids is 1. The molecule has 52 valence electrons. The molecular formula is C5H8FNO2. The highest BCUT2D eigenvalue weighted by Crippen LogP contribution is 2.32. The van der Waals surface area contributed by atoms with Crippen molar-refractivity contribution in [2.75, 3.05) is 0 Å². The van der Waals surface area contributed by atoms with E-state index in [2.05, 4.69) is 0 Å². The third-order valence-corrected chi connectivity index (χ3v) is 1.60. The van der Waals surface area contributed by atoms with Gasteiger partial charge < -0.3 is 10.8 Å². The summed E-state index contributed by atoms with van der Waals surface area (Å²) in [6, 6.07) is 0. The van der Waals surface area contributed by atoms with Gasteiger partial charge >= 0.3 is 5.97 Å². The quantitative estimate of drug-likeness (QED) is 0.523. The van der Waals surface area contributed by atoms with E-state index in [-0.39, 0.29) is 12.8 Å². The first-order valence-electron chi connectivity index (χ1n) is 2.71. The summed E-state index contributed by atoms with van der Waals surface area (Å²) in [5.74, 6) is -1.10. The topological polar surface area (TPSA) is 63.3 Å². The number of rotatable bonds is 1. The normalized spacial score (nSPS) is 41.8. The molecule has 0 heterocycles. The monoisotopic (exact) mass is 132 g/mol. The molecule has 0 spiro atoms. The molecule has 0 aromatic heterocycles. The molecule has 3 nitrogen and oxygen atoms in total. The van der Waals surface area contributed by atoms with Crippen molar-refractivity contribution in [1.82, 2.24) is 0 Å². The minimum absolute atomic E-state index is 0.0394. The Balaban J connectivity index is 2.50. The van der Waals surface area contributed by atoms with Crippen LogP contribution in [0.1, 0.15) is 12.8 Å². The van der Waals surface area contributed by atoms with E-state index in [1.54, 1.807) is 0 Å². The van der Waals surface area contributed by atoms with Crippen molar-refractivity contribution in [2.24, 2.45) is 5.73 Å². The number of nitrogens with two attached hydrogens (primary N) is 1. The number of alkyl halides is 1. The first-order chi connectivity index (χ1) is 4.04. The van der Waals surface area contributed by atoms with E-state index in [1.807, 2.05) is 0 Å². The van der Waals surface area contributed by atoms with E-state index in [1.165, 1.54) is 0 Å². The molecule has 0 aliphatic heterocycles. The van der Waals surface area contributed by atoms with Crippen LogP contribution in [-0.2, 0) is 4.79 Å². The molecule has 0 radical (unpaired) electrons. The summed E-state index contributed by atoms with van der Waals surface area (Å²) in [5, 5.41) is 8.32. The number of hydrogen-bond donors (Lipinski definition) is 2. The lowest BCUT2D eigenvalue weighted by Crippen LogP contribution is -2.58. The van der Waals surface area contributed by atoms with Gasteiger partial charge in [-0.1, -0.05) is 0 Å². The molecule has 0 unspecified atom stereocenters. The predicted molar refractivity (Wildman–Crippen MR) is 28.7 cm³/mol. The summed E-state index contributed by atoms with van der Waals surface area (Å²) in [6.45, 7) is 0. The highest BCUT2D eigenvalue weighted by molar-refractivity contribution is 5.79. The van der Waals surface area contributed by atoms with Gasteiger partial charge in [0.25, 0.3) is 0 Å². The van der Waals surface area contributed by atoms with Gasteiger partial charge in [0.1, 0.15) is 11.7 Å². The zero-order valence-corrected chi connectivity index (χ0v) is 4.80. The lowest BCUT2D eigenvalue weighted by atomic mass is 9.76. The van der Waals surface area contributed by atoms with Crippen LogP contribution in [0.15, 0.2) is 0 Å². The van der Waals surface area contributed by atoms with Crippen LogP contribution < -0.4 is 5.73 Å². The Morgan fingerprint density at radius 1 is 1.78 bits per heavy atom. The summed E-state index contributed by atoms with van der Waals surface area (Å²) in [6.07, 6.45) is -1.09. The molecule has 1 aliphatic rings. The Bertz CT molecular complexity index is 142. The van der Waals surface area contributed by atoms with Gasteiger partial charge in [0.2, 0.25) is 0 Å². The van der Waals surface area contributed by atoms with Crippen LogP contribution in [0.5, 0.6) is 0 Å². The molecule has 1 rings (SSSR count). The van der Waals surface area contributed by atoms with Crippen LogP contribution in [0.3, 0.4) is 0 Å². The Morgan fingerprint density at radius 3 is 2.33 bits per heavy atom. The zero-order valence-electron chi connectivity index (χ0n) is 4.80. The zero-order chi connectivity index (χ0) is 7.07. The molecular weight excluding hydrogens is 124 g/mol. The molecule has 0 atom stereocenters. The minimum Gasteiger partial charge on any atom is -0.480 e. The van der Waals surface area contributed by atoms with E-state index >= 15 is 0 Å². The molecule has 3 N–H and O–H groups in total. The van der Waals surface area contributed by atoms with Gasteiger partial charge in [0.05, 0.1) is 0 Å². The Hall–Kier alpha value is -0.640. The van der Waals surface area contributed by atoms with Crippen LogP contribution in [-0.4, -0.2) is 22.8 Å². The van der Waals surface area contributed by atoms with Crippen molar-refractivity contribution in [2.45, 2.75) is 24.6 Å². The van der Waals surface area contributed by atoms with E-state index in [0.717, 1.165) is 0 Å². The van der Waals surface area contributed by atoms with E-state index in [4.69, 9.17) is 10.8 Å². The minimum atomic E-state index is -1.26. The average Bonchev–Trinajstić information content (AvgIpc) is 1.62. The first-order valence-corrected chi connectivity index (χ1v) is 2.71. The third kappa shape index (κ3) is 0.896. The van der Waals surface area contributed by atoms with E-state index in [0.29, 0.717) is 0 Å². The Morgan fingerprint density at radius 2 is 2.22 bits per heavy atom. The fourth-order valence-corrected chi connectivity index (χ4v) is 0.905. The smallest absolute Gasteiger partial charge is 0.323 e. The molecule has 1 fully saturated rings. The van der Waals surface area contributed by atoms with E-state index in [9.17, 15) is 9.18 Å². The van der Waals surface area contributed by atoms with Crippen LogP contribution in [0.4, 0.5) is 4.39 Å². The second-order valence-corrected chi connectivity index (χ2v) is 2.47. The van der Waals surface area contributed by atoms with Crippen molar-refractivity contribution in [1.29, 1.82) is 0 Å². The summed E-state index contributed by atoms with van der Waals surface area (Å²) < 4.78 is 12.0. The molecule has 0 bridgehead atoms.